The second kappa shape index (κ2) is 9.96. The molecule has 4 rings (SSSR count). The van der Waals surface area contributed by atoms with E-state index in [9.17, 15) is 27.9 Å². The molecule has 0 radical (unpaired) electrons. The lowest BCUT2D eigenvalue weighted by Crippen LogP contribution is -2.29. The van der Waals surface area contributed by atoms with Crippen LogP contribution in [0.1, 0.15) is 42.5 Å². The Balaban J connectivity index is 1.90. The van der Waals surface area contributed by atoms with Crippen LogP contribution in [0.3, 0.4) is 0 Å². The lowest BCUT2D eigenvalue weighted by molar-refractivity contribution is -0.274. The molecule has 1 atom stereocenters. The number of hydrogen-bond donors (Lipinski definition) is 1. The average molecular weight is 512 g/mol. The summed E-state index contributed by atoms with van der Waals surface area (Å²) in [5.74, 6) is -2.35. The molecule has 192 valence electrons. The Morgan fingerprint density at radius 2 is 1.76 bits per heavy atom. The van der Waals surface area contributed by atoms with Crippen LogP contribution in [0.5, 0.6) is 11.5 Å². The van der Waals surface area contributed by atoms with E-state index in [1.54, 1.807) is 30.3 Å². The minimum Gasteiger partial charge on any atom is -0.507 e. The van der Waals surface area contributed by atoms with Crippen LogP contribution in [-0.2, 0) is 9.59 Å². The molecule has 2 heterocycles. The van der Waals surface area contributed by atoms with E-state index in [0.717, 1.165) is 22.6 Å². The van der Waals surface area contributed by atoms with E-state index in [4.69, 9.17) is 4.74 Å². The molecule has 0 bridgehead atoms. The summed E-state index contributed by atoms with van der Waals surface area (Å²) in [7, 11) is 1.52. The molecule has 1 aliphatic heterocycles. The quantitative estimate of drug-likeness (QED) is 0.258. The molecule has 7 nitrogen and oxygen atoms in total. The molecule has 3 aromatic rings. The molecule has 1 N–H and O–H groups in total. The van der Waals surface area contributed by atoms with E-state index in [2.05, 4.69) is 9.72 Å². The molecule has 2 aromatic carbocycles. The van der Waals surface area contributed by atoms with E-state index in [0.29, 0.717) is 11.3 Å². The predicted octanol–water partition coefficient (Wildman–Crippen LogP) is 5.74. The van der Waals surface area contributed by atoms with E-state index in [-0.39, 0.29) is 22.7 Å². The van der Waals surface area contributed by atoms with Gasteiger partial charge in [-0.15, -0.1) is 13.2 Å². The first-order valence-electron chi connectivity index (χ1n) is 11.3. The van der Waals surface area contributed by atoms with Crippen molar-refractivity contribution in [3.05, 3.63) is 89.3 Å². The standard InChI is InChI=1S/C27H23F3N2O5/c1-15(2)20-13-17(7-8-21(20)36-3)24(33)22-23(16-9-11-31-12-10-16)32(26(35)25(22)34)18-5-4-6-19(14-18)37-27(28,29)30/h4-15,23,33H,1-3H3/b24-22-. The Hall–Kier alpha value is -4.34. The average Bonchev–Trinajstić information content (AvgIpc) is 3.13. The van der Waals surface area contributed by atoms with Gasteiger partial charge in [-0.25, -0.2) is 0 Å². The van der Waals surface area contributed by atoms with Crippen LogP contribution in [0, 0.1) is 0 Å². The number of methoxy groups -OCH3 is 1. The number of aliphatic hydroxyl groups is 1. The van der Waals surface area contributed by atoms with Crippen LogP contribution >= 0.6 is 0 Å². The molecule has 0 saturated carbocycles. The second-order valence-electron chi connectivity index (χ2n) is 8.61. The summed E-state index contributed by atoms with van der Waals surface area (Å²) in [6.45, 7) is 3.88. The van der Waals surface area contributed by atoms with Gasteiger partial charge < -0.3 is 14.6 Å². The predicted molar refractivity (Wildman–Crippen MR) is 129 cm³/mol. The zero-order chi connectivity index (χ0) is 26.9. The Morgan fingerprint density at radius 1 is 1.05 bits per heavy atom. The smallest absolute Gasteiger partial charge is 0.507 e. The lowest BCUT2D eigenvalue weighted by atomic mass is 9.93. The van der Waals surface area contributed by atoms with Crippen LogP contribution in [-0.4, -0.2) is 35.3 Å². The van der Waals surface area contributed by atoms with Gasteiger partial charge in [-0.1, -0.05) is 19.9 Å². The maximum absolute atomic E-state index is 13.3. The molecule has 1 amide bonds. The zero-order valence-electron chi connectivity index (χ0n) is 20.1. The van der Waals surface area contributed by atoms with Gasteiger partial charge in [0.1, 0.15) is 17.3 Å². The van der Waals surface area contributed by atoms with Crippen molar-refractivity contribution in [3.8, 4) is 11.5 Å². The van der Waals surface area contributed by atoms with Gasteiger partial charge in [-0.2, -0.15) is 0 Å². The van der Waals surface area contributed by atoms with Crippen molar-refractivity contribution in [2.45, 2.75) is 32.2 Å². The number of carbonyl (C=O) groups is 2. The monoisotopic (exact) mass is 512 g/mol. The maximum atomic E-state index is 13.3. The number of aromatic nitrogens is 1. The molecular weight excluding hydrogens is 489 g/mol. The summed E-state index contributed by atoms with van der Waals surface area (Å²) >= 11 is 0. The number of Topliss-reactive ketones (excluding diaryl/α,β-unsaturated/α-hetero) is 1. The second-order valence-corrected chi connectivity index (χ2v) is 8.61. The number of hydrogen-bond acceptors (Lipinski definition) is 6. The SMILES string of the molecule is COc1ccc(/C(O)=C2/C(=O)C(=O)N(c3cccc(OC(F)(F)F)c3)C2c2ccncc2)cc1C(C)C. The number of halogens is 3. The molecule has 1 aromatic heterocycles. The van der Waals surface area contributed by atoms with Crippen LogP contribution in [0.2, 0.25) is 0 Å². The zero-order valence-corrected chi connectivity index (χ0v) is 20.1. The number of ketones is 1. The number of anilines is 1. The van der Waals surface area contributed by atoms with Crippen LogP contribution in [0.25, 0.3) is 5.76 Å². The number of benzene rings is 2. The summed E-state index contributed by atoms with van der Waals surface area (Å²) in [6, 6.07) is 11.6. The topological polar surface area (TPSA) is 89.0 Å². The lowest BCUT2D eigenvalue weighted by Gasteiger charge is -2.26. The molecule has 0 spiro atoms. The number of pyridine rings is 1. The van der Waals surface area contributed by atoms with Gasteiger partial charge >= 0.3 is 6.36 Å². The van der Waals surface area contributed by atoms with Crippen molar-refractivity contribution in [2.75, 3.05) is 12.0 Å². The van der Waals surface area contributed by atoms with Crippen molar-refractivity contribution in [2.24, 2.45) is 0 Å². The van der Waals surface area contributed by atoms with Gasteiger partial charge in [-0.3, -0.25) is 19.5 Å². The highest BCUT2D eigenvalue weighted by molar-refractivity contribution is 6.51. The van der Waals surface area contributed by atoms with Crippen molar-refractivity contribution >= 4 is 23.1 Å². The van der Waals surface area contributed by atoms with Gasteiger partial charge in [0.25, 0.3) is 11.7 Å². The van der Waals surface area contributed by atoms with E-state index in [1.807, 2.05) is 13.8 Å². The Labute approximate surface area is 210 Å². The molecule has 1 unspecified atom stereocenters. The summed E-state index contributed by atoms with van der Waals surface area (Å²) < 4.78 is 47.8. The third kappa shape index (κ3) is 5.13. The fourth-order valence-electron chi connectivity index (χ4n) is 4.28. The summed E-state index contributed by atoms with van der Waals surface area (Å²) in [5, 5.41) is 11.3. The molecule has 10 heteroatoms. The fourth-order valence-corrected chi connectivity index (χ4v) is 4.28. The highest BCUT2D eigenvalue weighted by Crippen LogP contribution is 2.43. The Bertz CT molecular complexity index is 1370. The normalized spacial score (nSPS) is 17.4. The summed E-state index contributed by atoms with van der Waals surface area (Å²) in [4.78, 5) is 31.5. The highest BCUT2D eigenvalue weighted by atomic mass is 19.4. The van der Waals surface area contributed by atoms with E-state index < -0.39 is 35.6 Å². The molecule has 0 aliphatic carbocycles. The van der Waals surface area contributed by atoms with E-state index >= 15 is 0 Å². The molecule has 1 fully saturated rings. The Kier molecular flexibility index (Phi) is 6.93. The van der Waals surface area contributed by atoms with Crippen molar-refractivity contribution in [3.63, 3.8) is 0 Å². The Morgan fingerprint density at radius 3 is 2.38 bits per heavy atom. The van der Waals surface area contributed by atoms with Crippen LogP contribution in [0.4, 0.5) is 18.9 Å². The first-order valence-corrected chi connectivity index (χ1v) is 11.3. The number of rotatable bonds is 6. The largest absolute Gasteiger partial charge is 0.573 e. The van der Waals surface area contributed by atoms with Crippen LogP contribution in [0.15, 0.2) is 72.6 Å². The third-order valence-electron chi connectivity index (χ3n) is 5.92. The van der Waals surface area contributed by atoms with Crippen molar-refractivity contribution in [1.29, 1.82) is 0 Å². The number of aliphatic hydroxyl groups excluding tert-OH is 1. The number of ether oxygens (including phenoxy) is 2. The van der Waals surface area contributed by atoms with Crippen molar-refractivity contribution < 1.29 is 37.3 Å². The first kappa shape index (κ1) is 25.7. The van der Waals surface area contributed by atoms with Gasteiger partial charge in [0, 0.05) is 29.7 Å². The van der Waals surface area contributed by atoms with E-state index in [1.165, 1.54) is 31.6 Å². The number of alkyl halides is 3. The first-order chi connectivity index (χ1) is 17.5. The number of carbonyl (C=O) groups excluding carboxylic acids is 2. The van der Waals surface area contributed by atoms with Gasteiger partial charge in [0.2, 0.25) is 0 Å². The van der Waals surface area contributed by atoms with Gasteiger partial charge in [0.05, 0.1) is 18.7 Å². The van der Waals surface area contributed by atoms with Crippen LogP contribution < -0.4 is 14.4 Å². The summed E-state index contributed by atoms with van der Waals surface area (Å²) in [6.07, 6.45) is -2.05. The molecular formula is C27H23F3N2O5. The molecule has 1 aliphatic rings. The minimum absolute atomic E-state index is 0.0117. The third-order valence-corrected chi connectivity index (χ3v) is 5.92. The number of amides is 1. The highest BCUT2D eigenvalue weighted by Gasteiger charge is 2.47. The summed E-state index contributed by atoms with van der Waals surface area (Å²) in [5.41, 5.74) is 1.27. The minimum atomic E-state index is -4.94. The number of nitrogens with zero attached hydrogens (tertiary/aromatic N) is 2. The molecule has 37 heavy (non-hydrogen) atoms. The molecule has 1 saturated heterocycles. The fraction of sp³-hybridized carbons (Fsp3) is 0.222. The maximum Gasteiger partial charge on any atom is 0.573 e. The van der Waals surface area contributed by atoms with Gasteiger partial charge in [0.15, 0.2) is 0 Å². The van der Waals surface area contributed by atoms with Crippen molar-refractivity contribution in [1.82, 2.24) is 4.98 Å². The van der Waals surface area contributed by atoms with Gasteiger partial charge in [-0.05, 0) is 59.5 Å².